The topological polar surface area (TPSA) is 55.4 Å². The molecule has 0 aliphatic rings. The predicted molar refractivity (Wildman–Crippen MR) is 106 cm³/mol. The highest BCUT2D eigenvalue weighted by Gasteiger charge is 2.26. The normalized spacial score (nSPS) is 11.5. The van der Waals surface area contributed by atoms with Gasteiger partial charge in [0.05, 0.1) is 10.6 Å². The summed E-state index contributed by atoms with van der Waals surface area (Å²) in [6, 6.07) is 22.8. The number of hydrogen-bond donors (Lipinski definition) is 1. The van der Waals surface area contributed by atoms with Gasteiger partial charge in [-0.25, -0.2) is 4.79 Å². The number of carbonyl (C=O) groups is 2. The summed E-state index contributed by atoms with van der Waals surface area (Å²) in [5, 5.41) is 3.06. The molecule has 0 saturated heterocycles. The number of benzene rings is 3. The molecule has 0 saturated carbocycles. The molecule has 27 heavy (non-hydrogen) atoms. The highest BCUT2D eigenvalue weighted by atomic mass is 35.5. The Bertz CT molecular complexity index is 939. The van der Waals surface area contributed by atoms with E-state index in [1.54, 1.807) is 60.7 Å². The lowest BCUT2D eigenvalue weighted by Gasteiger charge is -2.18. The summed E-state index contributed by atoms with van der Waals surface area (Å²) in [4.78, 5) is 25.4. The van der Waals surface area contributed by atoms with E-state index in [4.69, 9.17) is 16.3 Å². The van der Waals surface area contributed by atoms with E-state index < -0.39 is 18.0 Å². The van der Waals surface area contributed by atoms with Crippen LogP contribution in [0.1, 0.15) is 27.6 Å². The zero-order chi connectivity index (χ0) is 19.2. The molecule has 1 N–H and O–H groups in total. The van der Waals surface area contributed by atoms with Crippen LogP contribution in [-0.2, 0) is 9.53 Å². The zero-order valence-electron chi connectivity index (χ0n) is 14.7. The van der Waals surface area contributed by atoms with Gasteiger partial charge in [0.15, 0.2) is 0 Å². The summed E-state index contributed by atoms with van der Waals surface area (Å²) in [6.45, 7) is 1.96. The minimum absolute atomic E-state index is 0.211. The van der Waals surface area contributed by atoms with Gasteiger partial charge < -0.3 is 10.1 Å². The van der Waals surface area contributed by atoms with Crippen molar-refractivity contribution in [3.8, 4) is 0 Å². The smallest absolute Gasteiger partial charge is 0.340 e. The van der Waals surface area contributed by atoms with Crippen molar-refractivity contribution in [3.05, 3.63) is 101 Å². The van der Waals surface area contributed by atoms with Crippen molar-refractivity contribution >= 4 is 29.2 Å². The van der Waals surface area contributed by atoms with Gasteiger partial charge in [-0.15, -0.1) is 0 Å². The number of esters is 1. The van der Waals surface area contributed by atoms with Crippen LogP contribution in [0.25, 0.3) is 0 Å². The molecule has 5 heteroatoms. The molecule has 3 aromatic carbocycles. The number of anilines is 1. The molecule has 1 atom stereocenters. The molecule has 1 amide bonds. The van der Waals surface area contributed by atoms with Gasteiger partial charge in [-0.2, -0.15) is 0 Å². The van der Waals surface area contributed by atoms with Crippen LogP contribution in [0.4, 0.5) is 5.69 Å². The molecule has 3 rings (SSSR count). The molecule has 0 aliphatic carbocycles. The maximum atomic E-state index is 12.8. The SMILES string of the molecule is Cc1ccc(NC(=O)[C@@H](OC(=O)c2ccccc2Cl)c2ccccc2)cc1. The molecular formula is C22H18ClNO3. The van der Waals surface area contributed by atoms with Crippen LogP contribution in [0.2, 0.25) is 5.02 Å². The van der Waals surface area contributed by atoms with Gasteiger partial charge in [-0.1, -0.05) is 71.8 Å². The van der Waals surface area contributed by atoms with E-state index in [-0.39, 0.29) is 10.6 Å². The Balaban J connectivity index is 1.85. The maximum absolute atomic E-state index is 12.8. The Morgan fingerprint density at radius 3 is 2.19 bits per heavy atom. The number of nitrogens with one attached hydrogen (secondary N) is 1. The summed E-state index contributed by atoms with van der Waals surface area (Å²) in [6.07, 6.45) is -1.10. The minimum atomic E-state index is -1.10. The first-order valence-electron chi connectivity index (χ1n) is 8.42. The fourth-order valence-corrected chi connectivity index (χ4v) is 2.76. The predicted octanol–water partition coefficient (Wildman–Crippen LogP) is 5.19. The average Bonchev–Trinajstić information content (AvgIpc) is 2.68. The number of aryl methyl sites for hydroxylation is 1. The summed E-state index contributed by atoms with van der Waals surface area (Å²) < 4.78 is 5.53. The van der Waals surface area contributed by atoms with Crippen LogP contribution < -0.4 is 5.32 Å². The zero-order valence-corrected chi connectivity index (χ0v) is 15.4. The molecule has 4 nitrogen and oxygen atoms in total. The van der Waals surface area contributed by atoms with Gasteiger partial charge in [-0.05, 0) is 31.2 Å². The lowest BCUT2D eigenvalue weighted by atomic mass is 10.1. The van der Waals surface area contributed by atoms with Crippen LogP contribution in [0.3, 0.4) is 0 Å². The lowest BCUT2D eigenvalue weighted by molar-refractivity contribution is -0.125. The van der Waals surface area contributed by atoms with Crippen LogP contribution in [0, 0.1) is 6.92 Å². The first kappa shape index (κ1) is 18.7. The van der Waals surface area contributed by atoms with Gasteiger partial charge in [0, 0.05) is 11.3 Å². The third-order valence-electron chi connectivity index (χ3n) is 3.98. The number of ether oxygens (including phenoxy) is 1. The van der Waals surface area contributed by atoms with Gasteiger partial charge >= 0.3 is 5.97 Å². The summed E-state index contributed by atoms with van der Waals surface area (Å²) in [5.41, 5.74) is 2.49. The fourth-order valence-electron chi connectivity index (χ4n) is 2.54. The van der Waals surface area contributed by atoms with Gasteiger partial charge in [0.25, 0.3) is 5.91 Å². The molecular weight excluding hydrogens is 362 g/mol. The summed E-state index contributed by atoms with van der Waals surface area (Å²) >= 11 is 6.07. The van der Waals surface area contributed by atoms with E-state index in [1.165, 1.54) is 0 Å². The minimum Gasteiger partial charge on any atom is -0.444 e. The van der Waals surface area contributed by atoms with Crippen molar-refractivity contribution in [2.45, 2.75) is 13.0 Å². The van der Waals surface area contributed by atoms with Crippen LogP contribution in [0.5, 0.6) is 0 Å². The second kappa shape index (κ2) is 8.52. The summed E-state index contributed by atoms with van der Waals surface area (Å²) in [7, 11) is 0. The lowest BCUT2D eigenvalue weighted by Crippen LogP contribution is -2.26. The molecule has 0 aromatic heterocycles. The van der Waals surface area contributed by atoms with Crippen molar-refractivity contribution in [1.29, 1.82) is 0 Å². The molecule has 0 aliphatic heterocycles. The number of halogens is 1. The van der Waals surface area contributed by atoms with Crippen molar-refractivity contribution < 1.29 is 14.3 Å². The monoisotopic (exact) mass is 379 g/mol. The second-order valence-electron chi connectivity index (χ2n) is 6.03. The maximum Gasteiger partial charge on any atom is 0.340 e. The quantitative estimate of drug-likeness (QED) is 0.621. The van der Waals surface area contributed by atoms with Crippen molar-refractivity contribution in [2.24, 2.45) is 0 Å². The first-order valence-corrected chi connectivity index (χ1v) is 8.80. The Kier molecular flexibility index (Phi) is 5.89. The Hall–Kier alpha value is -3.11. The van der Waals surface area contributed by atoms with E-state index in [0.717, 1.165) is 5.56 Å². The molecule has 0 fully saturated rings. The Morgan fingerprint density at radius 1 is 0.889 bits per heavy atom. The van der Waals surface area contributed by atoms with Gasteiger partial charge in [0.2, 0.25) is 6.10 Å². The number of amides is 1. The second-order valence-corrected chi connectivity index (χ2v) is 6.44. The number of rotatable bonds is 5. The van der Waals surface area contributed by atoms with E-state index in [2.05, 4.69) is 5.32 Å². The summed E-state index contributed by atoms with van der Waals surface area (Å²) in [5.74, 6) is -1.10. The molecule has 0 unspecified atom stereocenters. The van der Waals surface area contributed by atoms with Crippen molar-refractivity contribution in [1.82, 2.24) is 0 Å². The molecule has 3 aromatic rings. The molecule has 0 radical (unpaired) electrons. The van der Waals surface area contributed by atoms with Crippen molar-refractivity contribution in [2.75, 3.05) is 5.32 Å². The third kappa shape index (κ3) is 4.74. The van der Waals surface area contributed by atoms with Gasteiger partial charge in [0.1, 0.15) is 0 Å². The van der Waals surface area contributed by atoms with Crippen LogP contribution in [-0.4, -0.2) is 11.9 Å². The standard InChI is InChI=1S/C22H18ClNO3/c1-15-11-13-17(14-12-15)24-21(25)20(16-7-3-2-4-8-16)27-22(26)18-9-5-6-10-19(18)23/h2-14,20H,1H3,(H,24,25)/t20-/m0/s1. The largest absolute Gasteiger partial charge is 0.444 e. The highest BCUT2D eigenvalue weighted by Crippen LogP contribution is 2.24. The highest BCUT2D eigenvalue weighted by molar-refractivity contribution is 6.33. The van der Waals surface area contributed by atoms with Crippen molar-refractivity contribution in [3.63, 3.8) is 0 Å². The Labute approximate surface area is 162 Å². The molecule has 0 heterocycles. The fraction of sp³-hybridized carbons (Fsp3) is 0.0909. The van der Waals surface area contributed by atoms with Crippen LogP contribution >= 0.6 is 11.6 Å². The first-order chi connectivity index (χ1) is 13.0. The average molecular weight is 380 g/mol. The van der Waals surface area contributed by atoms with E-state index in [0.29, 0.717) is 11.3 Å². The number of carbonyl (C=O) groups excluding carboxylic acids is 2. The molecule has 0 spiro atoms. The molecule has 136 valence electrons. The van der Waals surface area contributed by atoms with E-state index in [9.17, 15) is 9.59 Å². The van der Waals surface area contributed by atoms with E-state index >= 15 is 0 Å². The molecule has 0 bridgehead atoms. The van der Waals surface area contributed by atoms with Gasteiger partial charge in [-0.3, -0.25) is 4.79 Å². The Morgan fingerprint density at radius 2 is 1.52 bits per heavy atom. The number of hydrogen-bond acceptors (Lipinski definition) is 3. The van der Waals surface area contributed by atoms with E-state index in [1.807, 2.05) is 25.1 Å². The van der Waals surface area contributed by atoms with Crippen LogP contribution in [0.15, 0.2) is 78.9 Å². The third-order valence-corrected chi connectivity index (χ3v) is 4.31.